The van der Waals surface area contributed by atoms with Crippen molar-refractivity contribution in [2.45, 2.75) is 39.0 Å². The summed E-state index contributed by atoms with van der Waals surface area (Å²) in [5.41, 5.74) is 1.56. The summed E-state index contributed by atoms with van der Waals surface area (Å²) in [6.07, 6.45) is 6.11. The molecule has 0 saturated heterocycles. The summed E-state index contributed by atoms with van der Waals surface area (Å²) in [5, 5.41) is 3.37. The third-order valence-electron chi connectivity index (χ3n) is 3.83. The molecule has 0 aliphatic heterocycles. The molecule has 3 rings (SSSR count). The highest BCUT2D eigenvalue weighted by Crippen LogP contribution is 2.39. The Labute approximate surface area is 138 Å². The fraction of sp³-hybridized carbons (Fsp3) is 0.412. The molecule has 1 aliphatic rings. The van der Waals surface area contributed by atoms with Gasteiger partial charge in [0.1, 0.15) is 5.00 Å². The van der Waals surface area contributed by atoms with Crippen LogP contribution in [-0.2, 0) is 17.6 Å². The first-order valence-corrected chi connectivity index (χ1v) is 8.69. The normalized spacial score (nSPS) is 12.9. The third-order valence-corrected chi connectivity index (χ3v) is 5.04. The van der Waals surface area contributed by atoms with Gasteiger partial charge in [-0.1, -0.05) is 13.3 Å². The van der Waals surface area contributed by atoms with Gasteiger partial charge in [-0.25, -0.2) is 4.79 Å². The van der Waals surface area contributed by atoms with Crippen LogP contribution in [0.3, 0.4) is 0 Å². The van der Waals surface area contributed by atoms with E-state index in [2.05, 4.69) is 5.32 Å². The fourth-order valence-corrected chi connectivity index (χ4v) is 3.93. The van der Waals surface area contributed by atoms with Crippen molar-refractivity contribution in [1.29, 1.82) is 0 Å². The molecule has 0 aromatic carbocycles. The Kier molecular flexibility index (Phi) is 4.81. The lowest BCUT2D eigenvalue weighted by molar-refractivity contribution is 0.0500. The minimum Gasteiger partial charge on any atom is -0.462 e. The van der Waals surface area contributed by atoms with Crippen LogP contribution in [0.25, 0.3) is 0 Å². The van der Waals surface area contributed by atoms with E-state index in [0.29, 0.717) is 17.2 Å². The minimum atomic E-state index is -0.350. The molecule has 0 unspecified atom stereocenters. The van der Waals surface area contributed by atoms with E-state index in [1.54, 1.807) is 12.1 Å². The minimum absolute atomic E-state index is 0.226. The Bertz CT molecular complexity index is 703. The molecule has 0 fully saturated rings. The predicted octanol–water partition coefficient (Wildman–Crippen LogP) is 4.04. The smallest absolute Gasteiger partial charge is 0.341 e. The highest BCUT2D eigenvalue weighted by molar-refractivity contribution is 7.17. The molecule has 122 valence electrons. The second kappa shape index (κ2) is 7.00. The van der Waals surface area contributed by atoms with Crippen molar-refractivity contribution in [1.82, 2.24) is 0 Å². The van der Waals surface area contributed by atoms with Crippen LogP contribution in [0.2, 0.25) is 0 Å². The summed E-state index contributed by atoms with van der Waals surface area (Å²) in [7, 11) is 0. The van der Waals surface area contributed by atoms with Gasteiger partial charge < -0.3 is 14.5 Å². The number of ether oxygens (including phenoxy) is 1. The summed E-state index contributed by atoms with van der Waals surface area (Å²) < 4.78 is 10.5. The quantitative estimate of drug-likeness (QED) is 0.640. The maximum atomic E-state index is 12.4. The molecular weight excluding hydrogens is 314 g/mol. The van der Waals surface area contributed by atoms with Crippen molar-refractivity contribution < 1.29 is 18.7 Å². The van der Waals surface area contributed by atoms with E-state index in [1.807, 2.05) is 6.92 Å². The molecule has 2 aromatic heterocycles. The number of thiophene rings is 1. The molecule has 6 heteroatoms. The topological polar surface area (TPSA) is 68.5 Å². The molecule has 23 heavy (non-hydrogen) atoms. The maximum absolute atomic E-state index is 12.4. The van der Waals surface area contributed by atoms with Gasteiger partial charge in [-0.05, 0) is 43.4 Å². The van der Waals surface area contributed by atoms with Crippen molar-refractivity contribution in [2.75, 3.05) is 11.9 Å². The number of hydrogen-bond acceptors (Lipinski definition) is 5. The molecule has 1 N–H and O–H groups in total. The van der Waals surface area contributed by atoms with Gasteiger partial charge in [0.05, 0.1) is 18.4 Å². The zero-order chi connectivity index (χ0) is 16.2. The molecule has 0 atom stereocenters. The summed E-state index contributed by atoms with van der Waals surface area (Å²) >= 11 is 1.47. The number of furan rings is 1. The highest BCUT2D eigenvalue weighted by atomic mass is 32.1. The largest absolute Gasteiger partial charge is 0.462 e. The van der Waals surface area contributed by atoms with Gasteiger partial charge in [0.25, 0.3) is 5.91 Å². The van der Waals surface area contributed by atoms with Crippen LogP contribution in [0, 0.1) is 0 Å². The summed E-state index contributed by atoms with van der Waals surface area (Å²) in [6, 6.07) is 3.25. The number of esters is 1. The number of hydrogen-bond donors (Lipinski definition) is 1. The molecule has 1 aliphatic carbocycles. The zero-order valence-electron chi connectivity index (χ0n) is 13.0. The molecule has 1 amide bonds. The van der Waals surface area contributed by atoms with Crippen LogP contribution in [0.1, 0.15) is 57.5 Å². The van der Waals surface area contributed by atoms with E-state index in [9.17, 15) is 9.59 Å². The van der Waals surface area contributed by atoms with Gasteiger partial charge in [-0.3, -0.25) is 4.79 Å². The van der Waals surface area contributed by atoms with Crippen LogP contribution in [0.4, 0.5) is 5.00 Å². The Hall–Kier alpha value is -2.08. The van der Waals surface area contributed by atoms with E-state index in [4.69, 9.17) is 9.15 Å². The molecule has 0 saturated carbocycles. The van der Waals surface area contributed by atoms with Gasteiger partial charge in [-0.2, -0.15) is 0 Å². The number of rotatable bonds is 6. The Morgan fingerprint density at radius 2 is 2.26 bits per heavy atom. The number of unbranched alkanes of at least 4 members (excludes halogenated alkanes) is 1. The number of carbonyl (C=O) groups is 2. The van der Waals surface area contributed by atoms with Crippen molar-refractivity contribution in [3.05, 3.63) is 40.2 Å². The Morgan fingerprint density at radius 1 is 1.39 bits per heavy atom. The molecule has 0 bridgehead atoms. The lowest BCUT2D eigenvalue weighted by Gasteiger charge is -2.08. The number of nitrogens with one attached hydrogen (secondary N) is 1. The monoisotopic (exact) mass is 333 g/mol. The number of fused-ring (bicyclic) bond motifs is 1. The van der Waals surface area contributed by atoms with E-state index >= 15 is 0 Å². The Morgan fingerprint density at radius 3 is 3.00 bits per heavy atom. The van der Waals surface area contributed by atoms with E-state index in [0.717, 1.165) is 37.7 Å². The zero-order valence-corrected chi connectivity index (χ0v) is 13.8. The molecule has 0 radical (unpaired) electrons. The second-order valence-corrected chi connectivity index (χ2v) is 6.59. The van der Waals surface area contributed by atoms with Crippen molar-refractivity contribution in [2.24, 2.45) is 0 Å². The van der Waals surface area contributed by atoms with E-state index < -0.39 is 0 Å². The van der Waals surface area contributed by atoms with Crippen LogP contribution >= 0.6 is 11.3 Å². The molecule has 5 nitrogen and oxygen atoms in total. The standard InChI is InChI=1S/C17H19NO4S/c1-2-3-9-22-17(20)14-11-6-4-8-13(11)23-16(14)18-15(19)12-7-5-10-21-12/h5,7,10H,2-4,6,8-9H2,1H3,(H,18,19). The van der Waals surface area contributed by atoms with Crippen LogP contribution in [0.15, 0.2) is 22.8 Å². The van der Waals surface area contributed by atoms with Crippen molar-refractivity contribution in [3.8, 4) is 0 Å². The lowest BCUT2D eigenvalue weighted by Crippen LogP contribution is -2.15. The average Bonchev–Trinajstić information content (AvgIpc) is 3.23. The maximum Gasteiger partial charge on any atom is 0.341 e. The van der Waals surface area contributed by atoms with Gasteiger partial charge in [0.15, 0.2) is 5.76 Å². The van der Waals surface area contributed by atoms with Crippen LogP contribution < -0.4 is 5.32 Å². The van der Waals surface area contributed by atoms with Gasteiger partial charge in [0, 0.05) is 4.88 Å². The summed E-state index contributed by atoms with van der Waals surface area (Å²) in [4.78, 5) is 25.8. The number of anilines is 1. The second-order valence-electron chi connectivity index (χ2n) is 5.48. The summed E-state index contributed by atoms with van der Waals surface area (Å²) in [5.74, 6) is -0.464. The number of carbonyl (C=O) groups excluding carboxylic acids is 2. The third kappa shape index (κ3) is 3.32. The van der Waals surface area contributed by atoms with Crippen molar-refractivity contribution in [3.63, 3.8) is 0 Å². The highest BCUT2D eigenvalue weighted by Gasteiger charge is 2.28. The average molecular weight is 333 g/mol. The Balaban J connectivity index is 1.82. The first kappa shape index (κ1) is 15.8. The predicted molar refractivity (Wildman–Crippen MR) is 88.2 cm³/mol. The first-order chi connectivity index (χ1) is 11.2. The fourth-order valence-electron chi connectivity index (χ4n) is 2.66. The van der Waals surface area contributed by atoms with Gasteiger partial charge in [-0.15, -0.1) is 11.3 Å². The van der Waals surface area contributed by atoms with E-state index in [-0.39, 0.29) is 17.6 Å². The lowest BCUT2D eigenvalue weighted by atomic mass is 10.1. The first-order valence-electron chi connectivity index (χ1n) is 7.87. The summed E-state index contributed by atoms with van der Waals surface area (Å²) in [6.45, 7) is 2.46. The van der Waals surface area contributed by atoms with Crippen LogP contribution in [0.5, 0.6) is 0 Å². The molecule has 0 spiro atoms. The van der Waals surface area contributed by atoms with Crippen molar-refractivity contribution >= 4 is 28.2 Å². The molecular formula is C17H19NO4S. The molecule has 2 heterocycles. The SMILES string of the molecule is CCCCOC(=O)c1c(NC(=O)c2ccco2)sc2c1CCC2. The van der Waals surface area contributed by atoms with Crippen LogP contribution in [-0.4, -0.2) is 18.5 Å². The van der Waals surface area contributed by atoms with Gasteiger partial charge >= 0.3 is 5.97 Å². The number of aryl methyl sites for hydroxylation is 1. The molecule has 2 aromatic rings. The van der Waals surface area contributed by atoms with Gasteiger partial charge in [0.2, 0.25) is 0 Å². The number of amides is 1. The van der Waals surface area contributed by atoms with E-state index in [1.165, 1.54) is 22.5 Å².